The number of hydrogen-bond acceptors (Lipinski definition) is 3. The van der Waals surface area contributed by atoms with Crippen LogP contribution < -0.4 is 0 Å². The van der Waals surface area contributed by atoms with Gasteiger partial charge in [0.2, 0.25) is 0 Å². The predicted octanol–water partition coefficient (Wildman–Crippen LogP) is 10.8. The molecule has 0 aliphatic rings. The summed E-state index contributed by atoms with van der Waals surface area (Å²) in [6.07, 6.45) is 0. The van der Waals surface area contributed by atoms with Crippen molar-refractivity contribution in [1.82, 2.24) is 9.13 Å². The fourth-order valence-corrected chi connectivity index (χ4v) is 7.45. The molecule has 2 heterocycles. The molecule has 0 amide bonds. The lowest BCUT2D eigenvalue weighted by atomic mass is 9.94. The minimum Gasteiger partial charge on any atom is -0.309 e. The first-order valence-electron chi connectivity index (χ1n) is 16.3. The number of rotatable bonds is 4. The van der Waals surface area contributed by atoms with Crippen LogP contribution in [0, 0.1) is 34.0 Å². The van der Waals surface area contributed by atoms with Gasteiger partial charge in [-0.3, -0.25) is 0 Å². The second-order valence-electron chi connectivity index (χ2n) is 12.3. The summed E-state index contributed by atoms with van der Waals surface area (Å²) >= 11 is 0. The van der Waals surface area contributed by atoms with E-state index in [0.717, 1.165) is 77.2 Å². The van der Waals surface area contributed by atoms with Crippen molar-refractivity contribution in [3.8, 4) is 51.8 Å². The van der Waals surface area contributed by atoms with E-state index in [2.05, 4.69) is 88.0 Å². The molecule has 0 aliphatic carbocycles. The van der Waals surface area contributed by atoms with Crippen LogP contribution in [0.2, 0.25) is 0 Å². The second-order valence-corrected chi connectivity index (χ2v) is 12.3. The van der Waals surface area contributed by atoms with Crippen LogP contribution in [0.25, 0.3) is 77.2 Å². The molecule has 0 N–H and O–H groups in total. The Morgan fingerprint density at radius 2 is 1.06 bits per heavy atom. The van der Waals surface area contributed by atoms with E-state index >= 15 is 0 Å². The third-order valence-corrected chi connectivity index (χ3v) is 9.63. The van der Waals surface area contributed by atoms with Gasteiger partial charge in [0.05, 0.1) is 56.6 Å². The van der Waals surface area contributed by atoms with Gasteiger partial charge < -0.3 is 9.13 Å². The molecule has 5 heteroatoms. The van der Waals surface area contributed by atoms with E-state index in [1.165, 1.54) is 0 Å². The first kappa shape index (κ1) is 28.8. The van der Waals surface area contributed by atoms with Crippen LogP contribution in [0.3, 0.4) is 0 Å². The topological polar surface area (TPSA) is 81.2 Å². The predicted molar refractivity (Wildman–Crippen MR) is 200 cm³/mol. The Morgan fingerprint density at radius 1 is 0.400 bits per heavy atom. The van der Waals surface area contributed by atoms with E-state index < -0.39 is 0 Å². The van der Waals surface area contributed by atoms with Crippen molar-refractivity contribution >= 4 is 43.6 Å². The summed E-state index contributed by atoms with van der Waals surface area (Å²) in [7, 11) is 0. The molecule has 50 heavy (non-hydrogen) atoms. The average Bonchev–Trinajstić information content (AvgIpc) is 3.70. The number of fused-ring (bicyclic) bond motifs is 6. The molecule has 0 fully saturated rings. The number of hydrogen-bond donors (Lipinski definition) is 0. The molecule has 7 aromatic carbocycles. The average molecular weight is 636 g/mol. The first-order valence-corrected chi connectivity index (χ1v) is 16.3. The molecule has 0 atom stereocenters. The summed E-state index contributed by atoms with van der Waals surface area (Å²) in [5, 5.41) is 34.4. The fourth-order valence-electron chi connectivity index (χ4n) is 7.45. The van der Waals surface area contributed by atoms with E-state index in [1.807, 2.05) is 91.0 Å². The van der Waals surface area contributed by atoms with E-state index in [9.17, 15) is 15.8 Å². The second kappa shape index (κ2) is 11.4. The van der Waals surface area contributed by atoms with Crippen molar-refractivity contribution in [2.75, 3.05) is 0 Å². The van der Waals surface area contributed by atoms with E-state index in [4.69, 9.17) is 0 Å². The highest BCUT2D eigenvalue weighted by molar-refractivity contribution is 6.12. The van der Waals surface area contributed by atoms with Gasteiger partial charge in [0.1, 0.15) is 6.07 Å². The zero-order valence-electron chi connectivity index (χ0n) is 26.7. The van der Waals surface area contributed by atoms with E-state index in [1.54, 1.807) is 0 Å². The highest BCUT2D eigenvalue weighted by atomic mass is 15.0. The molecule has 0 aliphatic heterocycles. The highest BCUT2D eigenvalue weighted by Crippen LogP contribution is 2.39. The Bertz CT molecular complexity index is 2970. The summed E-state index contributed by atoms with van der Waals surface area (Å²) in [4.78, 5) is 0. The SMILES string of the molecule is N#Cc1ccc2c(c1)c1ccccc1n2-c1cccc(-c2ccc(-c3ccccc3-n3c4ccccc4c4cccc(C#N)c43)c(C#N)c2)c1. The van der Waals surface area contributed by atoms with Gasteiger partial charge in [0.25, 0.3) is 0 Å². The molecule has 2 aromatic heterocycles. The molecule has 9 aromatic rings. The van der Waals surface area contributed by atoms with Crippen molar-refractivity contribution in [3.05, 3.63) is 168 Å². The van der Waals surface area contributed by atoms with Gasteiger partial charge >= 0.3 is 0 Å². The van der Waals surface area contributed by atoms with Crippen molar-refractivity contribution < 1.29 is 0 Å². The smallest absolute Gasteiger partial charge is 0.101 e. The molecule has 0 spiro atoms. The Hall–Kier alpha value is -7.39. The Kier molecular flexibility index (Phi) is 6.56. The number of benzene rings is 7. The largest absolute Gasteiger partial charge is 0.309 e. The van der Waals surface area contributed by atoms with Crippen LogP contribution in [0.1, 0.15) is 16.7 Å². The van der Waals surface area contributed by atoms with Crippen LogP contribution in [-0.4, -0.2) is 9.13 Å². The van der Waals surface area contributed by atoms with Crippen molar-refractivity contribution in [2.45, 2.75) is 0 Å². The molecule has 0 saturated carbocycles. The third kappa shape index (κ3) is 4.31. The number of nitrogens with zero attached hydrogens (tertiary/aromatic N) is 5. The molecule has 0 bridgehead atoms. The first-order chi connectivity index (χ1) is 24.7. The van der Waals surface area contributed by atoms with Gasteiger partial charge in [0, 0.05) is 38.4 Å². The standard InChI is InChI=1S/C45H25N5/c46-26-29-19-22-44-40(23-29)38-14-3-4-16-41(38)49(44)34-11-7-9-30(25-34)31-20-21-35(33(24-31)28-48)36-12-1-5-17-42(36)50-43-18-6-2-13-37(43)39-15-8-10-32(27-47)45(39)50/h1-25H. The lowest BCUT2D eigenvalue weighted by Crippen LogP contribution is -1.99. The maximum atomic E-state index is 10.6. The zero-order valence-corrected chi connectivity index (χ0v) is 26.7. The zero-order chi connectivity index (χ0) is 33.8. The number of nitriles is 3. The van der Waals surface area contributed by atoms with Crippen LogP contribution in [0.15, 0.2) is 152 Å². The Balaban J connectivity index is 1.20. The molecular formula is C45H25N5. The summed E-state index contributed by atoms with van der Waals surface area (Å²) < 4.78 is 4.38. The van der Waals surface area contributed by atoms with Gasteiger partial charge in [-0.1, -0.05) is 91.0 Å². The molecule has 0 saturated heterocycles. The molecule has 0 radical (unpaired) electrons. The van der Waals surface area contributed by atoms with E-state index in [0.29, 0.717) is 16.7 Å². The van der Waals surface area contributed by atoms with Gasteiger partial charge in [-0.2, -0.15) is 15.8 Å². The monoisotopic (exact) mass is 635 g/mol. The minimum absolute atomic E-state index is 0.558. The maximum absolute atomic E-state index is 10.6. The molecule has 5 nitrogen and oxygen atoms in total. The summed E-state index contributed by atoms with van der Waals surface area (Å²) in [6, 6.07) is 57.8. The summed E-state index contributed by atoms with van der Waals surface area (Å²) in [5.74, 6) is 0. The molecule has 230 valence electrons. The summed E-state index contributed by atoms with van der Waals surface area (Å²) in [6.45, 7) is 0. The quantitative estimate of drug-likeness (QED) is 0.193. The Labute approximate surface area is 287 Å². The van der Waals surface area contributed by atoms with Crippen LogP contribution in [-0.2, 0) is 0 Å². The van der Waals surface area contributed by atoms with Crippen molar-refractivity contribution in [3.63, 3.8) is 0 Å². The lowest BCUT2D eigenvalue weighted by Gasteiger charge is -2.16. The molecular weight excluding hydrogens is 611 g/mol. The lowest BCUT2D eigenvalue weighted by molar-refractivity contribution is 1.18. The fraction of sp³-hybridized carbons (Fsp3) is 0. The third-order valence-electron chi connectivity index (χ3n) is 9.63. The Morgan fingerprint density at radius 3 is 1.86 bits per heavy atom. The summed E-state index contributed by atoms with van der Waals surface area (Å²) in [5.41, 5.74) is 11.2. The number of para-hydroxylation sites is 4. The van der Waals surface area contributed by atoms with Crippen molar-refractivity contribution in [2.24, 2.45) is 0 Å². The number of aromatic nitrogens is 2. The normalized spacial score (nSPS) is 11.1. The highest BCUT2D eigenvalue weighted by Gasteiger charge is 2.20. The van der Waals surface area contributed by atoms with Crippen molar-refractivity contribution in [1.29, 1.82) is 15.8 Å². The molecule has 0 unspecified atom stereocenters. The van der Waals surface area contributed by atoms with Crippen LogP contribution in [0.5, 0.6) is 0 Å². The van der Waals surface area contributed by atoms with Crippen LogP contribution in [0.4, 0.5) is 0 Å². The molecule has 9 rings (SSSR count). The van der Waals surface area contributed by atoms with Gasteiger partial charge in [-0.05, 0) is 71.8 Å². The maximum Gasteiger partial charge on any atom is 0.101 e. The van der Waals surface area contributed by atoms with Gasteiger partial charge in [-0.25, -0.2) is 0 Å². The van der Waals surface area contributed by atoms with E-state index in [-0.39, 0.29) is 0 Å². The van der Waals surface area contributed by atoms with Gasteiger partial charge in [-0.15, -0.1) is 0 Å². The van der Waals surface area contributed by atoms with Crippen LogP contribution >= 0.6 is 0 Å². The minimum atomic E-state index is 0.558. The van der Waals surface area contributed by atoms with Gasteiger partial charge in [0.15, 0.2) is 0 Å².